The summed E-state index contributed by atoms with van der Waals surface area (Å²) < 4.78 is 26.4. The van der Waals surface area contributed by atoms with Gasteiger partial charge in [-0.15, -0.1) is 0 Å². The summed E-state index contributed by atoms with van der Waals surface area (Å²) >= 11 is 0. The maximum Gasteiger partial charge on any atom is 0.240 e. The van der Waals surface area contributed by atoms with Crippen LogP contribution >= 0.6 is 0 Å². The van der Waals surface area contributed by atoms with E-state index in [4.69, 9.17) is 0 Å². The van der Waals surface area contributed by atoms with Gasteiger partial charge in [0.05, 0.1) is 4.90 Å². The van der Waals surface area contributed by atoms with Crippen LogP contribution in [0.15, 0.2) is 59.5 Å². The molecule has 6 heteroatoms. The second kappa shape index (κ2) is 7.90. The van der Waals surface area contributed by atoms with Gasteiger partial charge in [-0.1, -0.05) is 25.1 Å². The Balaban J connectivity index is 2.11. The fourth-order valence-electron chi connectivity index (χ4n) is 2.01. The molecule has 0 aromatic heterocycles. The van der Waals surface area contributed by atoms with Gasteiger partial charge in [0, 0.05) is 12.1 Å². The Morgan fingerprint density at radius 2 is 1.88 bits per heavy atom. The number of phenolic OH excluding ortho intramolecular Hbond substituents is 1. The lowest BCUT2D eigenvalue weighted by Crippen LogP contribution is -2.24. The molecule has 0 heterocycles. The van der Waals surface area contributed by atoms with Gasteiger partial charge in [-0.05, 0) is 54.5 Å². The van der Waals surface area contributed by atoms with E-state index >= 15 is 0 Å². The van der Waals surface area contributed by atoms with Crippen molar-refractivity contribution in [3.8, 4) is 5.75 Å². The first kappa shape index (κ1) is 17.9. The molecule has 0 fully saturated rings. The normalized spacial score (nSPS) is 11.7. The highest BCUT2D eigenvalue weighted by Crippen LogP contribution is 2.14. The molecule has 126 valence electrons. The van der Waals surface area contributed by atoms with E-state index < -0.39 is 10.0 Å². The average molecular weight is 345 g/mol. The molecule has 0 aliphatic rings. The zero-order valence-corrected chi connectivity index (χ0v) is 14.1. The number of allylic oxidation sites excluding steroid dienone is 1. The molecule has 0 spiro atoms. The van der Waals surface area contributed by atoms with Gasteiger partial charge < -0.3 is 5.11 Å². The minimum Gasteiger partial charge on any atom is -0.508 e. The molecule has 0 saturated carbocycles. The number of hydrogen-bond acceptors (Lipinski definition) is 4. The van der Waals surface area contributed by atoms with Crippen molar-refractivity contribution in [2.24, 2.45) is 0 Å². The maximum absolute atomic E-state index is 12.1. The number of carbonyl (C=O) groups is 1. The Bertz CT molecular complexity index is 840. The minimum atomic E-state index is -3.53. The SMILES string of the molecule is CCCNS(=O)(=O)c1ccc(C(=O)/C=C/c2cccc(O)c2)cc1. The van der Waals surface area contributed by atoms with Crippen molar-refractivity contribution < 1.29 is 18.3 Å². The Kier molecular flexibility index (Phi) is 5.89. The van der Waals surface area contributed by atoms with Crippen LogP contribution in [-0.4, -0.2) is 25.9 Å². The van der Waals surface area contributed by atoms with Crippen molar-refractivity contribution >= 4 is 21.9 Å². The maximum atomic E-state index is 12.1. The molecule has 0 radical (unpaired) electrons. The molecule has 0 unspecified atom stereocenters. The molecular formula is C18H19NO4S. The number of phenols is 1. The lowest BCUT2D eigenvalue weighted by Gasteiger charge is -2.05. The highest BCUT2D eigenvalue weighted by molar-refractivity contribution is 7.89. The third-order valence-corrected chi connectivity index (χ3v) is 4.77. The van der Waals surface area contributed by atoms with Crippen molar-refractivity contribution in [1.29, 1.82) is 0 Å². The van der Waals surface area contributed by atoms with Crippen LogP contribution in [0.1, 0.15) is 29.3 Å². The fourth-order valence-corrected chi connectivity index (χ4v) is 3.15. The summed E-state index contributed by atoms with van der Waals surface area (Å²) in [4.78, 5) is 12.3. The predicted octanol–water partition coefficient (Wildman–Crippen LogP) is 2.98. The molecule has 0 bridgehead atoms. The topological polar surface area (TPSA) is 83.5 Å². The van der Waals surface area contributed by atoms with Crippen molar-refractivity contribution in [2.45, 2.75) is 18.2 Å². The van der Waals surface area contributed by atoms with Crippen LogP contribution in [-0.2, 0) is 10.0 Å². The summed E-state index contributed by atoms with van der Waals surface area (Å²) in [5.41, 5.74) is 1.09. The highest BCUT2D eigenvalue weighted by Gasteiger charge is 2.13. The van der Waals surface area contributed by atoms with E-state index in [-0.39, 0.29) is 16.4 Å². The molecule has 0 aliphatic carbocycles. The van der Waals surface area contributed by atoms with E-state index in [1.54, 1.807) is 30.3 Å². The summed E-state index contributed by atoms with van der Waals surface area (Å²) in [6.45, 7) is 2.25. The van der Waals surface area contributed by atoms with E-state index in [2.05, 4.69) is 4.72 Å². The monoisotopic (exact) mass is 345 g/mol. The van der Waals surface area contributed by atoms with E-state index in [9.17, 15) is 18.3 Å². The number of rotatable bonds is 7. The lowest BCUT2D eigenvalue weighted by molar-refractivity contribution is 0.104. The smallest absolute Gasteiger partial charge is 0.240 e. The van der Waals surface area contributed by atoms with Gasteiger partial charge in [0.25, 0.3) is 0 Å². The van der Waals surface area contributed by atoms with Crippen molar-refractivity contribution in [3.05, 3.63) is 65.7 Å². The van der Waals surface area contributed by atoms with Crippen LogP contribution in [0.25, 0.3) is 6.08 Å². The molecule has 24 heavy (non-hydrogen) atoms. The molecule has 2 aromatic rings. The van der Waals surface area contributed by atoms with Gasteiger partial charge in [0.2, 0.25) is 10.0 Å². The van der Waals surface area contributed by atoms with Crippen molar-refractivity contribution in [2.75, 3.05) is 6.54 Å². The molecule has 2 N–H and O–H groups in total. The second-order valence-electron chi connectivity index (χ2n) is 5.21. The summed E-state index contributed by atoms with van der Waals surface area (Å²) in [5, 5.41) is 9.38. The molecule has 0 aliphatic heterocycles. The van der Waals surface area contributed by atoms with E-state index in [1.165, 1.54) is 30.3 Å². The fraction of sp³-hybridized carbons (Fsp3) is 0.167. The number of hydrogen-bond donors (Lipinski definition) is 2. The number of carbonyl (C=O) groups excluding carboxylic acids is 1. The zero-order valence-electron chi connectivity index (χ0n) is 13.3. The van der Waals surface area contributed by atoms with Crippen LogP contribution in [0, 0.1) is 0 Å². The second-order valence-corrected chi connectivity index (χ2v) is 6.98. The number of benzene rings is 2. The van der Waals surface area contributed by atoms with Gasteiger partial charge in [0.1, 0.15) is 5.75 Å². The Morgan fingerprint density at radius 3 is 2.50 bits per heavy atom. The van der Waals surface area contributed by atoms with Gasteiger partial charge in [-0.2, -0.15) is 0 Å². The average Bonchev–Trinajstić information content (AvgIpc) is 2.58. The van der Waals surface area contributed by atoms with Crippen LogP contribution in [0.5, 0.6) is 5.75 Å². The van der Waals surface area contributed by atoms with Crippen molar-refractivity contribution in [1.82, 2.24) is 4.72 Å². The van der Waals surface area contributed by atoms with E-state index in [0.717, 1.165) is 0 Å². The number of aromatic hydroxyl groups is 1. The van der Waals surface area contributed by atoms with Gasteiger partial charge in [-0.3, -0.25) is 4.79 Å². The van der Waals surface area contributed by atoms with Crippen LogP contribution in [0.4, 0.5) is 0 Å². The minimum absolute atomic E-state index is 0.124. The van der Waals surface area contributed by atoms with Crippen molar-refractivity contribution in [3.63, 3.8) is 0 Å². The molecule has 2 rings (SSSR count). The largest absolute Gasteiger partial charge is 0.508 e. The van der Waals surface area contributed by atoms with Crippen LogP contribution in [0.2, 0.25) is 0 Å². The number of nitrogens with one attached hydrogen (secondary N) is 1. The Hall–Kier alpha value is -2.44. The first-order valence-electron chi connectivity index (χ1n) is 7.53. The number of ketones is 1. The van der Waals surface area contributed by atoms with Gasteiger partial charge >= 0.3 is 0 Å². The lowest BCUT2D eigenvalue weighted by atomic mass is 10.1. The Morgan fingerprint density at radius 1 is 1.17 bits per heavy atom. The molecule has 5 nitrogen and oxygen atoms in total. The van der Waals surface area contributed by atoms with Crippen LogP contribution < -0.4 is 4.72 Å². The number of sulfonamides is 1. The van der Waals surface area contributed by atoms with Gasteiger partial charge in [0.15, 0.2) is 5.78 Å². The summed E-state index contributed by atoms with van der Waals surface area (Å²) in [7, 11) is -3.53. The third-order valence-electron chi connectivity index (χ3n) is 3.29. The van der Waals surface area contributed by atoms with E-state index in [1.807, 2.05) is 6.92 Å². The summed E-state index contributed by atoms with van der Waals surface area (Å²) in [6, 6.07) is 12.3. The quantitative estimate of drug-likeness (QED) is 0.597. The first-order chi connectivity index (χ1) is 11.4. The Labute approximate surface area is 141 Å². The summed E-state index contributed by atoms with van der Waals surface area (Å²) in [5.74, 6) is -0.123. The summed E-state index contributed by atoms with van der Waals surface area (Å²) in [6.07, 6.45) is 3.68. The zero-order chi connectivity index (χ0) is 17.6. The van der Waals surface area contributed by atoms with Gasteiger partial charge in [-0.25, -0.2) is 13.1 Å². The molecular weight excluding hydrogens is 326 g/mol. The van der Waals surface area contributed by atoms with Crippen LogP contribution in [0.3, 0.4) is 0 Å². The third kappa shape index (κ3) is 4.78. The molecule has 0 amide bonds. The van der Waals surface area contributed by atoms with E-state index in [0.29, 0.717) is 24.1 Å². The highest BCUT2D eigenvalue weighted by atomic mass is 32.2. The predicted molar refractivity (Wildman–Crippen MR) is 93.4 cm³/mol. The standard InChI is InChI=1S/C18H19NO4S/c1-2-12-19-24(22,23)17-9-7-15(8-10-17)18(21)11-6-14-4-3-5-16(20)13-14/h3-11,13,19-20H,2,12H2,1H3/b11-6+. The first-order valence-corrected chi connectivity index (χ1v) is 9.02. The molecule has 2 aromatic carbocycles. The molecule has 0 saturated heterocycles. The molecule has 0 atom stereocenters.